The fourth-order valence-electron chi connectivity index (χ4n) is 3.67. The molecule has 2 aromatic rings. The summed E-state index contributed by atoms with van der Waals surface area (Å²) in [6.07, 6.45) is 3.86. The molecule has 0 radical (unpaired) electrons. The van der Waals surface area contributed by atoms with Crippen molar-refractivity contribution in [1.29, 1.82) is 5.26 Å². The van der Waals surface area contributed by atoms with Crippen molar-refractivity contribution in [3.8, 4) is 11.8 Å². The second kappa shape index (κ2) is 9.91. The molecule has 0 spiro atoms. The van der Waals surface area contributed by atoms with Crippen LogP contribution >= 0.6 is 0 Å². The second-order valence-electron chi connectivity index (χ2n) is 7.29. The largest absolute Gasteiger partial charge is 0.497 e. The van der Waals surface area contributed by atoms with Crippen LogP contribution in [-0.4, -0.2) is 37.6 Å². The minimum atomic E-state index is -0.0388. The van der Waals surface area contributed by atoms with E-state index in [2.05, 4.69) is 28.4 Å². The third-order valence-electron chi connectivity index (χ3n) is 5.37. The number of nitrogens with one attached hydrogen (secondary N) is 1. The van der Waals surface area contributed by atoms with Gasteiger partial charge in [-0.2, -0.15) is 5.26 Å². The van der Waals surface area contributed by atoms with Crippen molar-refractivity contribution < 1.29 is 9.53 Å². The quantitative estimate of drug-likeness (QED) is 0.796. The molecule has 5 nitrogen and oxygen atoms in total. The van der Waals surface area contributed by atoms with Gasteiger partial charge >= 0.3 is 0 Å². The Morgan fingerprint density at radius 1 is 1.18 bits per heavy atom. The van der Waals surface area contributed by atoms with Crippen molar-refractivity contribution in [2.24, 2.45) is 5.92 Å². The molecule has 0 saturated carbocycles. The van der Waals surface area contributed by atoms with E-state index < -0.39 is 0 Å². The molecule has 3 rings (SSSR count). The number of benzene rings is 2. The zero-order chi connectivity index (χ0) is 19.8. The number of carbonyl (C=O) groups is 1. The van der Waals surface area contributed by atoms with E-state index in [-0.39, 0.29) is 5.91 Å². The van der Waals surface area contributed by atoms with Gasteiger partial charge in [-0.1, -0.05) is 24.3 Å². The van der Waals surface area contributed by atoms with Gasteiger partial charge < -0.3 is 15.0 Å². The SMILES string of the molecule is COc1ccc(CC2CCN(CCC(=O)Nc3ccccc3C#N)CC2)cc1. The summed E-state index contributed by atoms with van der Waals surface area (Å²) in [6, 6.07) is 17.5. The first-order valence-corrected chi connectivity index (χ1v) is 9.82. The van der Waals surface area contributed by atoms with Gasteiger partial charge in [-0.15, -0.1) is 0 Å². The summed E-state index contributed by atoms with van der Waals surface area (Å²) in [6.45, 7) is 2.82. The number of methoxy groups -OCH3 is 1. The van der Waals surface area contributed by atoms with Gasteiger partial charge in [-0.05, 0) is 68.1 Å². The number of carbonyl (C=O) groups excluding carboxylic acids is 1. The number of ether oxygens (including phenoxy) is 1. The van der Waals surface area contributed by atoms with Gasteiger partial charge in [0.1, 0.15) is 11.8 Å². The normalized spacial score (nSPS) is 15.0. The lowest BCUT2D eigenvalue weighted by atomic mass is 9.90. The minimum Gasteiger partial charge on any atom is -0.497 e. The topological polar surface area (TPSA) is 65.4 Å². The summed E-state index contributed by atoms with van der Waals surface area (Å²) in [5.74, 6) is 1.55. The van der Waals surface area contributed by atoms with E-state index in [0.29, 0.717) is 23.6 Å². The lowest BCUT2D eigenvalue weighted by molar-refractivity contribution is -0.116. The van der Waals surface area contributed by atoms with E-state index in [4.69, 9.17) is 10.00 Å². The van der Waals surface area contributed by atoms with Gasteiger partial charge in [0.05, 0.1) is 18.4 Å². The van der Waals surface area contributed by atoms with Crippen molar-refractivity contribution >= 4 is 11.6 Å². The van der Waals surface area contributed by atoms with E-state index in [1.54, 1.807) is 25.3 Å². The molecule has 1 N–H and O–H groups in total. The van der Waals surface area contributed by atoms with Crippen LogP contribution in [0.1, 0.15) is 30.4 Å². The molecule has 5 heteroatoms. The Balaban J connectivity index is 1.39. The fourth-order valence-corrected chi connectivity index (χ4v) is 3.67. The van der Waals surface area contributed by atoms with Crippen LogP contribution in [0.15, 0.2) is 48.5 Å². The molecule has 1 amide bonds. The maximum absolute atomic E-state index is 12.2. The number of anilines is 1. The minimum absolute atomic E-state index is 0.0388. The Morgan fingerprint density at radius 2 is 1.89 bits per heavy atom. The predicted molar refractivity (Wildman–Crippen MR) is 110 cm³/mol. The zero-order valence-electron chi connectivity index (χ0n) is 16.4. The molecular weight excluding hydrogens is 350 g/mol. The maximum Gasteiger partial charge on any atom is 0.225 e. The van der Waals surface area contributed by atoms with Crippen LogP contribution in [0.3, 0.4) is 0 Å². The number of nitriles is 1. The Bertz CT molecular complexity index is 818. The third-order valence-corrected chi connectivity index (χ3v) is 5.37. The van der Waals surface area contributed by atoms with Crippen molar-refractivity contribution in [3.05, 3.63) is 59.7 Å². The summed E-state index contributed by atoms with van der Waals surface area (Å²) in [5.41, 5.74) is 2.44. The number of para-hydroxylation sites is 1. The van der Waals surface area contributed by atoms with Crippen LogP contribution in [0, 0.1) is 17.2 Å². The van der Waals surface area contributed by atoms with Crippen LogP contribution in [0.2, 0.25) is 0 Å². The molecular formula is C23H27N3O2. The van der Waals surface area contributed by atoms with E-state index in [1.165, 1.54) is 5.56 Å². The van der Waals surface area contributed by atoms with Crippen LogP contribution in [0.5, 0.6) is 5.75 Å². The highest BCUT2D eigenvalue weighted by Crippen LogP contribution is 2.23. The summed E-state index contributed by atoms with van der Waals surface area (Å²) in [5, 5.41) is 12.0. The van der Waals surface area contributed by atoms with Crippen LogP contribution in [0.25, 0.3) is 0 Å². The number of rotatable bonds is 7. The molecule has 0 atom stereocenters. The number of likely N-dealkylation sites (tertiary alicyclic amines) is 1. The monoisotopic (exact) mass is 377 g/mol. The number of nitrogens with zero attached hydrogens (tertiary/aromatic N) is 2. The molecule has 1 saturated heterocycles. The van der Waals surface area contributed by atoms with Crippen LogP contribution < -0.4 is 10.1 Å². The van der Waals surface area contributed by atoms with Gasteiger partial charge in [0.2, 0.25) is 5.91 Å². The molecule has 28 heavy (non-hydrogen) atoms. The number of hydrogen-bond donors (Lipinski definition) is 1. The van der Waals surface area contributed by atoms with E-state index in [0.717, 1.165) is 44.6 Å². The number of hydrogen-bond acceptors (Lipinski definition) is 4. The highest BCUT2D eigenvalue weighted by Gasteiger charge is 2.20. The Morgan fingerprint density at radius 3 is 2.57 bits per heavy atom. The highest BCUT2D eigenvalue weighted by atomic mass is 16.5. The lowest BCUT2D eigenvalue weighted by Gasteiger charge is -2.31. The van der Waals surface area contributed by atoms with Crippen molar-refractivity contribution in [2.75, 3.05) is 32.1 Å². The van der Waals surface area contributed by atoms with Gasteiger partial charge in [0, 0.05) is 13.0 Å². The van der Waals surface area contributed by atoms with Gasteiger partial charge in [0.15, 0.2) is 0 Å². The Labute approximate surface area is 166 Å². The smallest absolute Gasteiger partial charge is 0.225 e. The first-order valence-electron chi connectivity index (χ1n) is 9.82. The number of piperidine rings is 1. The highest BCUT2D eigenvalue weighted by molar-refractivity contribution is 5.92. The summed E-state index contributed by atoms with van der Waals surface area (Å²) in [4.78, 5) is 14.6. The average Bonchev–Trinajstić information content (AvgIpc) is 2.74. The number of amides is 1. The first-order chi connectivity index (χ1) is 13.7. The Hall–Kier alpha value is -2.84. The van der Waals surface area contributed by atoms with Crippen molar-refractivity contribution in [2.45, 2.75) is 25.7 Å². The molecule has 146 valence electrons. The molecule has 0 aromatic heterocycles. The van der Waals surface area contributed by atoms with E-state index >= 15 is 0 Å². The van der Waals surface area contributed by atoms with Crippen molar-refractivity contribution in [3.63, 3.8) is 0 Å². The lowest BCUT2D eigenvalue weighted by Crippen LogP contribution is -2.36. The second-order valence-corrected chi connectivity index (χ2v) is 7.29. The molecule has 1 fully saturated rings. The fraction of sp³-hybridized carbons (Fsp3) is 0.391. The summed E-state index contributed by atoms with van der Waals surface area (Å²) >= 11 is 0. The third kappa shape index (κ3) is 5.58. The predicted octanol–water partition coefficient (Wildman–Crippen LogP) is 3.85. The van der Waals surface area contributed by atoms with Gasteiger partial charge in [-0.25, -0.2) is 0 Å². The zero-order valence-corrected chi connectivity index (χ0v) is 16.4. The molecule has 1 heterocycles. The average molecular weight is 377 g/mol. The maximum atomic E-state index is 12.2. The van der Waals surface area contributed by atoms with E-state index in [9.17, 15) is 4.79 Å². The van der Waals surface area contributed by atoms with Crippen molar-refractivity contribution in [1.82, 2.24) is 4.90 Å². The molecule has 1 aliphatic rings. The summed E-state index contributed by atoms with van der Waals surface area (Å²) < 4.78 is 5.21. The standard InChI is InChI=1S/C23H27N3O2/c1-28-21-8-6-18(7-9-21)16-19-10-13-26(14-11-19)15-12-23(27)25-22-5-3-2-4-20(22)17-24/h2-9,19H,10-16H2,1H3,(H,25,27). The molecule has 0 unspecified atom stereocenters. The molecule has 0 aliphatic carbocycles. The van der Waals surface area contributed by atoms with Gasteiger partial charge in [-0.3, -0.25) is 4.79 Å². The summed E-state index contributed by atoms with van der Waals surface area (Å²) in [7, 11) is 1.69. The molecule has 0 bridgehead atoms. The Kier molecular flexibility index (Phi) is 7.05. The molecule has 2 aromatic carbocycles. The van der Waals surface area contributed by atoms with Gasteiger partial charge in [0.25, 0.3) is 0 Å². The van der Waals surface area contributed by atoms with E-state index in [1.807, 2.05) is 18.2 Å². The van der Waals surface area contributed by atoms with Crippen LogP contribution in [0.4, 0.5) is 5.69 Å². The first kappa shape index (κ1) is 19.9. The van der Waals surface area contributed by atoms with Crippen LogP contribution in [-0.2, 0) is 11.2 Å². The molecule has 1 aliphatic heterocycles.